The molecule has 1 saturated carbocycles. The van der Waals surface area contributed by atoms with E-state index in [1.807, 2.05) is 17.5 Å². The van der Waals surface area contributed by atoms with Gasteiger partial charge in [0.1, 0.15) is 16.2 Å². The minimum Gasteiger partial charge on any atom is -0.480 e. The number of thiophene rings is 1. The van der Waals surface area contributed by atoms with Gasteiger partial charge < -0.3 is 10.4 Å². The van der Waals surface area contributed by atoms with Crippen LogP contribution in [0.1, 0.15) is 23.3 Å². The van der Waals surface area contributed by atoms with Gasteiger partial charge in [0, 0.05) is 5.38 Å². The number of hydrogen-bond donors (Lipinski definition) is 2. The maximum Gasteiger partial charge on any atom is 0.329 e. The van der Waals surface area contributed by atoms with E-state index in [2.05, 4.69) is 10.3 Å². The fourth-order valence-electron chi connectivity index (χ4n) is 1.69. The van der Waals surface area contributed by atoms with E-state index < -0.39 is 17.4 Å². The maximum atomic E-state index is 12.0. The average molecular weight is 294 g/mol. The molecule has 2 heterocycles. The Morgan fingerprint density at radius 1 is 1.37 bits per heavy atom. The molecule has 0 unspecified atom stereocenters. The van der Waals surface area contributed by atoms with Crippen molar-refractivity contribution in [1.29, 1.82) is 0 Å². The molecular formula is C12H10N2O3S2. The van der Waals surface area contributed by atoms with E-state index in [1.165, 1.54) is 11.3 Å². The van der Waals surface area contributed by atoms with Crippen molar-refractivity contribution in [2.45, 2.75) is 18.4 Å². The molecule has 2 N–H and O–H groups in total. The van der Waals surface area contributed by atoms with E-state index in [1.54, 1.807) is 16.7 Å². The number of nitrogens with one attached hydrogen (secondary N) is 1. The number of aromatic nitrogens is 1. The van der Waals surface area contributed by atoms with Crippen LogP contribution in [0.4, 0.5) is 0 Å². The monoisotopic (exact) mass is 294 g/mol. The average Bonchev–Trinajstić information content (AvgIpc) is 2.87. The number of thiazole rings is 1. The lowest BCUT2D eigenvalue weighted by molar-refractivity contribution is -0.140. The van der Waals surface area contributed by atoms with Gasteiger partial charge in [0.2, 0.25) is 0 Å². The smallest absolute Gasteiger partial charge is 0.329 e. The molecule has 19 heavy (non-hydrogen) atoms. The van der Waals surface area contributed by atoms with Crippen LogP contribution in [-0.4, -0.2) is 27.5 Å². The van der Waals surface area contributed by atoms with Gasteiger partial charge >= 0.3 is 5.97 Å². The normalized spacial score (nSPS) is 16.0. The summed E-state index contributed by atoms with van der Waals surface area (Å²) in [6.45, 7) is 0. The Labute approximate surface area is 116 Å². The van der Waals surface area contributed by atoms with Crippen LogP contribution in [0.5, 0.6) is 0 Å². The molecule has 1 aliphatic carbocycles. The molecule has 3 rings (SSSR count). The number of aliphatic carboxylic acids is 1. The third-order valence-electron chi connectivity index (χ3n) is 2.98. The minimum absolute atomic E-state index is 0.279. The second kappa shape index (κ2) is 4.43. The number of carbonyl (C=O) groups excluding carboxylic acids is 1. The second-order valence-electron chi connectivity index (χ2n) is 4.36. The number of carboxylic acids is 1. The lowest BCUT2D eigenvalue weighted by Crippen LogP contribution is -2.43. The number of rotatable bonds is 4. The zero-order valence-corrected chi connectivity index (χ0v) is 11.4. The zero-order chi connectivity index (χ0) is 13.5. The first kappa shape index (κ1) is 12.3. The van der Waals surface area contributed by atoms with Crippen molar-refractivity contribution in [3.8, 4) is 9.88 Å². The molecule has 1 amide bonds. The quantitative estimate of drug-likeness (QED) is 0.906. The SMILES string of the molecule is O=C(NC1(C(=O)O)CC1)c1csc(-c2cccs2)n1. The van der Waals surface area contributed by atoms with Crippen LogP contribution in [0, 0.1) is 0 Å². The summed E-state index contributed by atoms with van der Waals surface area (Å²) in [6.07, 6.45) is 0.964. The van der Waals surface area contributed by atoms with Crippen LogP contribution in [0.3, 0.4) is 0 Å². The van der Waals surface area contributed by atoms with Crippen molar-refractivity contribution >= 4 is 34.6 Å². The van der Waals surface area contributed by atoms with Gasteiger partial charge in [-0.3, -0.25) is 4.79 Å². The molecule has 5 nitrogen and oxygen atoms in total. The summed E-state index contributed by atoms with van der Waals surface area (Å²) >= 11 is 2.94. The lowest BCUT2D eigenvalue weighted by Gasteiger charge is -2.10. The van der Waals surface area contributed by atoms with Crippen molar-refractivity contribution in [2.75, 3.05) is 0 Å². The standard InChI is InChI=1S/C12H10N2O3S2/c15-9(14-12(3-4-12)11(16)17)7-6-19-10(13-7)8-2-1-5-18-8/h1-2,5-6H,3-4H2,(H,14,15)(H,16,17). The number of hydrogen-bond acceptors (Lipinski definition) is 5. The zero-order valence-electron chi connectivity index (χ0n) is 9.75. The van der Waals surface area contributed by atoms with Gasteiger partial charge in [0.15, 0.2) is 0 Å². The van der Waals surface area contributed by atoms with Gasteiger partial charge in [-0.05, 0) is 24.3 Å². The molecule has 7 heteroatoms. The summed E-state index contributed by atoms with van der Waals surface area (Å²) < 4.78 is 0. The van der Waals surface area contributed by atoms with E-state index in [4.69, 9.17) is 5.11 Å². The Bertz CT molecular complexity index is 629. The molecule has 0 aromatic carbocycles. The highest BCUT2D eigenvalue weighted by Crippen LogP contribution is 2.36. The number of nitrogens with zero attached hydrogens (tertiary/aromatic N) is 1. The van der Waals surface area contributed by atoms with Crippen LogP contribution in [0.25, 0.3) is 9.88 Å². The Hall–Kier alpha value is -1.73. The van der Waals surface area contributed by atoms with Gasteiger partial charge in [-0.15, -0.1) is 22.7 Å². The van der Waals surface area contributed by atoms with Gasteiger partial charge in [-0.2, -0.15) is 0 Å². The van der Waals surface area contributed by atoms with Crippen molar-refractivity contribution in [1.82, 2.24) is 10.3 Å². The van der Waals surface area contributed by atoms with E-state index in [0.717, 1.165) is 9.88 Å². The summed E-state index contributed by atoms with van der Waals surface area (Å²) in [5.41, 5.74) is -0.787. The summed E-state index contributed by atoms with van der Waals surface area (Å²) in [5, 5.41) is 16.0. The second-order valence-corrected chi connectivity index (χ2v) is 6.16. The van der Waals surface area contributed by atoms with Crippen molar-refractivity contribution in [2.24, 2.45) is 0 Å². The minimum atomic E-state index is -1.07. The summed E-state index contributed by atoms with van der Waals surface area (Å²) in [4.78, 5) is 28.2. The molecule has 98 valence electrons. The summed E-state index contributed by atoms with van der Waals surface area (Å²) in [6, 6.07) is 3.86. The van der Waals surface area contributed by atoms with Crippen molar-refractivity contribution in [3.05, 3.63) is 28.6 Å². The first-order valence-corrected chi connectivity index (χ1v) is 7.42. The van der Waals surface area contributed by atoms with Gasteiger partial charge in [-0.1, -0.05) is 6.07 Å². The van der Waals surface area contributed by atoms with Crippen molar-refractivity contribution in [3.63, 3.8) is 0 Å². The molecule has 2 aromatic rings. The molecular weight excluding hydrogens is 284 g/mol. The third-order valence-corrected chi connectivity index (χ3v) is 4.86. The maximum absolute atomic E-state index is 12.0. The number of amides is 1. The first-order chi connectivity index (χ1) is 9.11. The molecule has 2 aromatic heterocycles. The summed E-state index contributed by atoms with van der Waals surface area (Å²) in [7, 11) is 0. The third kappa shape index (κ3) is 2.26. The highest BCUT2D eigenvalue weighted by molar-refractivity contribution is 7.20. The molecule has 1 aliphatic rings. The van der Waals surface area contributed by atoms with Gasteiger partial charge in [-0.25, -0.2) is 9.78 Å². The summed E-state index contributed by atoms with van der Waals surface area (Å²) in [5.74, 6) is -1.39. The Morgan fingerprint density at radius 2 is 2.16 bits per heavy atom. The Morgan fingerprint density at radius 3 is 2.74 bits per heavy atom. The van der Waals surface area contributed by atoms with E-state index in [9.17, 15) is 9.59 Å². The van der Waals surface area contributed by atoms with Crippen LogP contribution in [0.15, 0.2) is 22.9 Å². The largest absolute Gasteiger partial charge is 0.480 e. The predicted octanol–water partition coefficient (Wildman–Crippen LogP) is 2.22. The highest BCUT2D eigenvalue weighted by atomic mass is 32.1. The first-order valence-electron chi connectivity index (χ1n) is 5.66. The topological polar surface area (TPSA) is 79.3 Å². The van der Waals surface area contributed by atoms with Gasteiger partial charge in [0.25, 0.3) is 5.91 Å². The van der Waals surface area contributed by atoms with E-state index in [0.29, 0.717) is 12.8 Å². The number of carboxylic acid groups (broad SMARTS) is 1. The lowest BCUT2D eigenvalue weighted by atomic mass is 10.2. The van der Waals surface area contributed by atoms with Crippen molar-refractivity contribution < 1.29 is 14.7 Å². The predicted molar refractivity (Wildman–Crippen MR) is 72.5 cm³/mol. The molecule has 0 atom stereocenters. The van der Waals surface area contributed by atoms with Crippen LogP contribution in [0.2, 0.25) is 0 Å². The van der Waals surface area contributed by atoms with E-state index in [-0.39, 0.29) is 5.69 Å². The molecule has 0 saturated heterocycles. The Kier molecular flexibility index (Phi) is 2.87. The highest BCUT2D eigenvalue weighted by Gasteiger charge is 2.51. The molecule has 1 fully saturated rings. The molecule has 0 aliphatic heterocycles. The van der Waals surface area contributed by atoms with Gasteiger partial charge in [0.05, 0.1) is 4.88 Å². The molecule has 0 bridgehead atoms. The molecule has 0 spiro atoms. The fourth-order valence-corrected chi connectivity index (χ4v) is 3.30. The fraction of sp³-hybridized carbons (Fsp3) is 0.250. The van der Waals surface area contributed by atoms with Crippen LogP contribution >= 0.6 is 22.7 Å². The van der Waals surface area contributed by atoms with Crippen LogP contribution < -0.4 is 5.32 Å². The van der Waals surface area contributed by atoms with Crippen LogP contribution in [-0.2, 0) is 4.79 Å². The molecule has 0 radical (unpaired) electrons. The van der Waals surface area contributed by atoms with E-state index >= 15 is 0 Å². The number of carbonyl (C=O) groups is 2. The Balaban J connectivity index is 1.76.